The van der Waals surface area contributed by atoms with Crippen molar-refractivity contribution in [3.63, 3.8) is 0 Å². The van der Waals surface area contributed by atoms with Crippen molar-refractivity contribution in [2.24, 2.45) is 0 Å². The van der Waals surface area contributed by atoms with Crippen molar-refractivity contribution in [1.82, 2.24) is 5.32 Å². The molecule has 0 saturated heterocycles. The summed E-state index contributed by atoms with van der Waals surface area (Å²) in [6, 6.07) is -0.542. The summed E-state index contributed by atoms with van der Waals surface area (Å²) in [7, 11) is 0. The molecule has 0 aromatic heterocycles. The number of carbonyl (C=O) groups excluding carboxylic acids is 2. The summed E-state index contributed by atoms with van der Waals surface area (Å²) >= 11 is 0. The minimum Gasteiger partial charge on any atom is -0.466 e. The molecule has 0 bridgehead atoms. The van der Waals surface area contributed by atoms with Crippen LogP contribution in [-0.4, -0.2) is 47.4 Å². The van der Waals surface area contributed by atoms with E-state index in [-0.39, 0.29) is 18.5 Å². The summed E-state index contributed by atoms with van der Waals surface area (Å²) in [6.07, 6.45) is 61.6. The number of allylic oxidation sites excluding steroid dienone is 4. The van der Waals surface area contributed by atoms with Gasteiger partial charge in [0.05, 0.1) is 25.4 Å². The van der Waals surface area contributed by atoms with Crippen molar-refractivity contribution in [2.45, 2.75) is 309 Å². The van der Waals surface area contributed by atoms with Gasteiger partial charge in [-0.3, -0.25) is 9.59 Å². The minimum atomic E-state index is -0.664. The topological polar surface area (TPSA) is 95.9 Å². The smallest absolute Gasteiger partial charge is 0.305 e. The van der Waals surface area contributed by atoms with Gasteiger partial charge >= 0.3 is 5.97 Å². The Labute approximate surface area is 386 Å². The lowest BCUT2D eigenvalue weighted by Gasteiger charge is -2.22. The molecule has 0 radical (unpaired) electrons. The molecule has 0 saturated carbocycles. The van der Waals surface area contributed by atoms with Gasteiger partial charge in [0.25, 0.3) is 0 Å². The molecule has 0 fully saturated rings. The van der Waals surface area contributed by atoms with Crippen LogP contribution in [0.1, 0.15) is 296 Å². The summed E-state index contributed by atoms with van der Waals surface area (Å²) in [4.78, 5) is 24.5. The van der Waals surface area contributed by atoms with Gasteiger partial charge in [-0.1, -0.05) is 250 Å². The van der Waals surface area contributed by atoms with Gasteiger partial charge in [0.15, 0.2) is 0 Å². The molecular formula is C56H107NO5. The van der Waals surface area contributed by atoms with Gasteiger partial charge in [0.2, 0.25) is 5.91 Å². The van der Waals surface area contributed by atoms with Gasteiger partial charge in [0, 0.05) is 12.8 Å². The largest absolute Gasteiger partial charge is 0.466 e. The summed E-state index contributed by atoms with van der Waals surface area (Å²) in [5.74, 6) is -0.0441. The molecule has 3 N–H and O–H groups in total. The van der Waals surface area contributed by atoms with Crippen molar-refractivity contribution in [3.05, 3.63) is 24.3 Å². The number of hydrogen-bond acceptors (Lipinski definition) is 5. The molecule has 1 amide bonds. The molecule has 6 nitrogen and oxygen atoms in total. The predicted octanol–water partition coefficient (Wildman–Crippen LogP) is 16.7. The van der Waals surface area contributed by atoms with Crippen molar-refractivity contribution in [1.29, 1.82) is 0 Å². The molecule has 0 spiro atoms. The van der Waals surface area contributed by atoms with Crippen LogP contribution in [0.3, 0.4) is 0 Å². The van der Waals surface area contributed by atoms with Gasteiger partial charge < -0.3 is 20.3 Å². The fraction of sp³-hybridized carbons (Fsp3) is 0.893. The maximum Gasteiger partial charge on any atom is 0.305 e. The Morgan fingerprint density at radius 2 is 0.806 bits per heavy atom. The van der Waals surface area contributed by atoms with E-state index in [1.165, 1.54) is 212 Å². The van der Waals surface area contributed by atoms with Gasteiger partial charge in [-0.15, -0.1) is 0 Å². The third-order valence-corrected chi connectivity index (χ3v) is 12.8. The number of aliphatic hydroxyl groups is 2. The maximum absolute atomic E-state index is 12.4. The Bertz CT molecular complexity index is 966. The molecule has 62 heavy (non-hydrogen) atoms. The van der Waals surface area contributed by atoms with Crippen LogP contribution in [-0.2, 0) is 14.3 Å². The first-order valence-electron chi connectivity index (χ1n) is 27.6. The third-order valence-electron chi connectivity index (χ3n) is 12.8. The second-order valence-electron chi connectivity index (χ2n) is 18.9. The number of carbonyl (C=O) groups is 2. The van der Waals surface area contributed by atoms with Crippen LogP contribution >= 0.6 is 0 Å². The van der Waals surface area contributed by atoms with Gasteiger partial charge in [-0.05, 0) is 57.8 Å². The quantitative estimate of drug-likeness (QED) is 0.0321. The number of rotatable bonds is 51. The maximum atomic E-state index is 12.4. The number of aliphatic hydroxyl groups excluding tert-OH is 2. The van der Waals surface area contributed by atoms with E-state index in [2.05, 4.69) is 43.5 Å². The summed E-state index contributed by atoms with van der Waals surface area (Å²) in [5.41, 5.74) is 0. The van der Waals surface area contributed by atoms with Crippen LogP contribution in [0.25, 0.3) is 0 Å². The van der Waals surface area contributed by atoms with Crippen LogP contribution in [0.15, 0.2) is 24.3 Å². The minimum absolute atomic E-state index is 0.00454. The molecule has 0 aromatic carbocycles. The van der Waals surface area contributed by atoms with Crippen LogP contribution in [0.4, 0.5) is 0 Å². The lowest BCUT2D eigenvalue weighted by atomic mass is 10.0. The van der Waals surface area contributed by atoms with E-state index in [9.17, 15) is 19.8 Å². The number of nitrogens with one attached hydrogen (secondary N) is 1. The zero-order chi connectivity index (χ0) is 45.1. The molecule has 2 unspecified atom stereocenters. The van der Waals surface area contributed by atoms with Crippen molar-refractivity contribution >= 4 is 11.9 Å². The Kier molecular flexibility index (Phi) is 50.6. The average molecular weight is 874 g/mol. The number of amides is 1. The first-order chi connectivity index (χ1) is 30.5. The first-order valence-corrected chi connectivity index (χ1v) is 27.6. The molecule has 0 aromatic rings. The van der Waals surface area contributed by atoms with Crippen LogP contribution in [0.2, 0.25) is 0 Å². The van der Waals surface area contributed by atoms with Gasteiger partial charge in [-0.2, -0.15) is 0 Å². The molecule has 0 rings (SSSR count). The second kappa shape index (κ2) is 52.0. The van der Waals surface area contributed by atoms with E-state index in [0.717, 1.165) is 51.4 Å². The number of ether oxygens (including phenoxy) is 1. The highest BCUT2D eigenvalue weighted by Gasteiger charge is 2.20. The molecule has 0 aliphatic heterocycles. The van der Waals surface area contributed by atoms with Gasteiger partial charge in [0.1, 0.15) is 0 Å². The SMILES string of the molecule is CCCCCC/C=C\C/C=C\CCCCCCCC(=O)OCCCCCCCCCCCCCCCCCCCCCC(=O)NC(CO)C(O)CCCCCCCCCCCC. The third kappa shape index (κ3) is 47.8. The van der Waals surface area contributed by atoms with Crippen molar-refractivity contribution in [2.75, 3.05) is 13.2 Å². The summed E-state index contributed by atoms with van der Waals surface area (Å²) in [6.45, 7) is 4.91. The standard InChI is InChI=1S/C56H107NO5/c1-3-5-7-9-11-13-15-16-17-24-27-30-34-38-42-46-50-56(61)62-51-47-43-39-35-31-28-25-22-20-18-19-21-23-26-29-33-37-41-45-49-55(60)57-53(52-58)54(59)48-44-40-36-32-14-12-10-8-6-4-2/h13,15,17,24,53-54,58-59H,3-12,14,16,18-23,25-52H2,1-2H3,(H,57,60)/b15-13-,24-17-. The zero-order valence-electron chi connectivity index (χ0n) is 41.6. The number of esters is 1. The molecule has 0 aliphatic rings. The van der Waals surface area contributed by atoms with Crippen LogP contribution in [0.5, 0.6) is 0 Å². The molecule has 366 valence electrons. The Morgan fingerprint density at radius 1 is 0.452 bits per heavy atom. The predicted molar refractivity (Wildman–Crippen MR) is 269 cm³/mol. The zero-order valence-corrected chi connectivity index (χ0v) is 41.6. The molecular weight excluding hydrogens is 767 g/mol. The van der Waals surface area contributed by atoms with E-state index in [1.807, 2.05) is 0 Å². The summed E-state index contributed by atoms with van der Waals surface area (Å²) < 4.78 is 5.47. The number of hydrogen-bond donors (Lipinski definition) is 3. The van der Waals surface area contributed by atoms with Crippen molar-refractivity contribution < 1.29 is 24.5 Å². The average Bonchev–Trinajstić information content (AvgIpc) is 3.27. The Balaban J connectivity index is 3.38. The summed E-state index contributed by atoms with van der Waals surface area (Å²) in [5, 5.41) is 23.1. The monoisotopic (exact) mass is 874 g/mol. The normalized spacial score (nSPS) is 12.8. The highest BCUT2D eigenvalue weighted by molar-refractivity contribution is 5.76. The Hall–Kier alpha value is -1.66. The lowest BCUT2D eigenvalue weighted by molar-refractivity contribution is -0.143. The van der Waals surface area contributed by atoms with E-state index < -0.39 is 12.1 Å². The fourth-order valence-electron chi connectivity index (χ4n) is 8.49. The first kappa shape index (κ1) is 60.3. The highest BCUT2D eigenvalue weighted by atomic mass is 16.5. The molecule has 0 aliphatic carbocycles. The van der Waals surface area contributed by atoms with E-state index in [0.29, 0.717) is 25.9 Å². The highest BCUT2D eigenvalue weighted by Crippen LogP contribution is 2.17. The molecule has 6 heteroatoms. The van der Waals surface area contributed by atoms with Crippen LogP contribution < -0.4 is 5.32 Å². The van der Waals surface area contributed by atoms with E-state index in [1.54, 1.807) is 0 Å². The fourth-order valence-corrected chi connectivity index (χ4v) is 8.49. The van der Waals surface area contributed by atoms with Crippen molar-refractivity contribution in [3.8, 4) is 0 Å². The van der Waals surface area contributed by atoms with E-state index in [4.69, 9.17) is 4.74 Å². The lowest BCUT2D eigenvalue weighted by Crippen LogP contribution is -2.45. The van der Waals surface area contributed by atoms with Crippen LogP contribution in [0, 0.1) is 0 Å². The van der Waals surface area contributed by atoms with E-state index >= 15 is 0 Å². The number of unbranched alkanes of at least 4 members (excludes halogenated alkanes) is 36. The second-order valence-corrected chi connectivity index (χ2v) is 18.9. The molecule has 0 heterocycles. The molecule has 2 atom stereocenters. The Morgan fingerprint density at radius 3 is 1.24 bits per heavy atom. The van der Waals surface area contributed by atoms with Gasteiger partial charge in [-0.25, -0.2) is 0 Å².